The number of hydrogen-bond donors (Lipinski definition) is 1. The number of nitrogens with zero attached hydrogens (tertiary/aromatic N) is 2. The largest absolute Gasteiger partial charge is 0.490 e. The van der Waals surface area contributed by atoms with Gasteiger partial charge in [0.05, 0.1) is 33.6 Å². The molecule has 0 aromatic heterocycles. The van der Waals surface area contributed by atoms with Crippen molar-refractivity contribution in [2.75, 3.05) is 6.61 Å². The highest BCUT2D eigenvalue weighted by Gasteiger charge is 2.14. The molecule has 0 radical (unpaired) electrons. The maximum atomic E-state index is 14.0. The summed E-state index contributed by atoms with van der Waals surface area (Å²) in [5.74, 6) is -1.03. The molecule has 1 amide bonds. The van der Waals surface area contributed by atoms with E-state index >= 15 is 0 Å². The third-order valence-corrected chi connectivity index (χ3v) is 5.19. The van der Waals surface area contributed by atoms with Crippen LogP contribution in [0.2, 0.25) is 0 Å². The summed E-state index contributed by atoms with van der Waals surface area (Å²) in [5, 5.41) is 12.7. The van der Waals surface area contributed by atoms with Gasteiger partial charge in [0.2, 0.25) is 0 Å². The second-order valence-corrected chi connectivity index (χ2v) is 7.81. The second kappa shape index (κ2) is 11.4. The number of amides is 1. The quantitative estimate of drug-likeness (QED) is 0.234. The number of ether oxygens (including phenoxy) is 2. The fourth-order valence-corrected chi connectivity index (χ4v) is 3.61. The molecule has 0 heterocycles. The Hall–Kier alpha value is -3.52. The first kappa shape index (κ1) is 24.1. The number of hydrazone groups is 1. The van der Waals surface area contributed by atoms with E-state index in [1.165, 1.54) is 24.4 Å². The van der Waals surface area contributed by atoms with Crippen molar-refractivity contribution < 1.29 is 23.0 Å². The molecular formula is C24H18F2IN3O3. The van der Waals surface area contributed by atoms with Crippen LogP contribution >= 0.6 is 22.6 Å². The Labute approximate surface area is 203 Å². The van der Waals surface area contributed by atoms with Crippen molar-refractivity contribution in [2.24, 2.45) is 5.10 Å². The van der Waals surface area contributed by atoms with Crippen LogP contribution in [0.15, 0.2) is 59.7 Å². The fourth-order valence-electron chi connectivity index (χ4n) is 2.83. The maximum Gasteiger partial charge on any atom is 0.274 e. The second-order valence-electron chi connectivity index (χ2n) is 6.65. The molecule has 0 saturated carbocycles. The monoisotopic (exact) mass is 561 g/mol. The summed E-state index contributed by atoms with van der Waals surface area (Å²) >= 11 is 2.06. The molecule has 0 aliphatic heterocycles. The highest BCUT2D eigenvalue weighted by Crippen LogP contribution is 2.34. The molecule has 0 saturated heterocycles. The van der Waals surface area contributed by atoms with Gasteiger partial charge in [0.15, 0.2) is 11.5 Å². The Kier molecular flexibility index (Phi) is 8.32. The van der Waals surface area contributed by atoms with E-state index in [0.29, 0.717) is 32.8 Å². The van der Waals surface area contributed by atoms with Crippen molar-refractivity contribution in [3.63, 3.8) is 0 Å². The minimum absolute atomic E-state index is 0.0302. The summed E-state index contributed by atoms with van der Waals surface area (Å²) in [5.41, 5.74) is 3.15. The Balaban J connectivity index is 1.74. The molecule has 6 nitrogen and oxygen atoms in total. The molecule has 0 fully saturated rings. The Morgan fingerprint density at radius 2 is 1.94 bits per heavy atom. The molecule has 3 aromatic carbocycles. The van der Waals surface area contributed by atoms with E-state index < -0.39 is 11.7 Å². The number of carbonyl (C=O) groups excluding carboxylic acids is 1. The first-order chi connectivity index (χ1) is 15.9. The number of carbonyl (C=O) groups is 1. The molecule has 0 bridgehead atoms. The van der Waals surface area contributed by atoms with Gasteiger partial charge in [-0.25, -0.2) is 14.2 Å². The lowest BCUT2D eigenvalue weighted by Gasteiger charge is -2.15. The number of rotatable bonds is 8. The van der Waals surface area contributed by atoms with E-state index in [4.69, 9.17) is 14.7 Å². The molecule has 0 aliphatic carbocycles. The van der Waals surface area contributed by atoms with E-state index in [2.05, 4.69) is 33.1 Å². The number of benzene rings is 3. The molecule has 0 spiro atoms. The van der Waals surface area contributed by atoms with Crippen molar-refractivity contribution in [3.05, 3.63) is 92.1 Å². The predicted molar refractivity (Wildman–Crippen MR) is 127 cm³/mol. The van der Waals surface area contributed by atoms with Crippen molar-refractivity contribution in [1.82, 2.24) is 5.43 Å². The molecule has 168 valence electrons. The van der Waals surface area contributed by atoms with Crippen LogP contribution in [0.3, 0.4) is 0 Å². The van der Waals surface area contributed by atoms with Gasteiger partial charge in [0, 0.05) is 5.56 Å². The zero-order chi connectivity index (χ0) is 23.8. The molecule has 0 aliphatic rings. The van der Waals surface area contributed by atoms with Gasteiger partial charge < -0.3 is 9.47 Å². The van der Waals surface area contributed by atoms with Crippen LogP contribution < -0.4 is 14.9 Å². The number of nitriles is 1. The van der Waals surface area contributed by atoms with Crippen molar-refractivity contribution >= 4 is 34.7 Å². The molecule has 1 N–H and O–H groups in total. The maximum absolute atomic E-state index is 14.0. The summed E-state index contributed by atoms with van der Waals surface area (Å²) in [6.07, 6.45) is 1.38. The minimum Gasteiger partial charge on any atom is -0.490 e. The van der Waals surface area contributed by atoms with Crippen LogP contribution in [0.4, 0.5) is 8.78 Å². The highest BCUT2D eigenvalue weighted by atomic mass is 127. The smallest absolute Gasteiger partial charge is 0.274 e. The Morgan fingerprint density at radius 1 is 1.15 bits per heavy atom. The van der Waals surface area contributed by atoms with Crippen LogP contribution in [-0.4, -0.2) is 18.7 Å². The first-order valence-corrected chi connectivity index (χ1v) is 10.9. The van der Waals surface area contributed by atoms with Gasteiger partial charge in [-0.15, -0.1) is 0 Å². The van der Waals surface area contributed by atoms with Gasteiger partial charge in [-0.1, -0.05) is 18.2 Å². The molecular weight excluding hydrogens is 543 g/mol. The van der Waals surface area contributed by atoms with Crippen molar-refractivity contribution in [2.45, 2.75) is 13.5 Å². The highest BCUT2D eigenvalue weighted by molar-refractivity contribution is 14.1. The third kappa shape index (κ3) is 6.26. The van der Waals surface area contributed by atoms with Gasteiger partial charge in [-0.05, 0) is 71.5 Å². The van der Waals surface area contributed by atoms with Crippen LogP contribution in [-0.2, 0) is 6.61 Å². The van der Waals surface area contributed by atoms with Gasteiger partial charge >= 0.3 is 0 Å². The third-order valence-electron chi connectivity index (χ3n) is 4.38. The lowest BCUT2D eigenvalue weighted by Crippen LogP contribution is -2.19. The SMILES string of the molecule is CCOc1cc(/C=N\NC(=O)c2ccc(C#N)cc2F)cc(I)c1OCc1ccccc1F. The molecule has 9 heteroatoms. The zero-order valence-corrected chi connectivity index (χ0v) is 19.6. The van der Waals surface area contributed by atoms with Crippen molar-refractivity contribution in [1.29, 1.82) is 5.26 Å². The standard InChI is InChI=1S/C24H18F2IN3O3/c1-2-32-22-11-16(10-21(27)23(22)33-14-17-5-3-4-6-19(17)25)13-29-30-24(31)18-8-7-15(12-28)9-20(18)26/h3-11,13H,2,14H2,1H3,(H,30,31)/b29-13-. The Bertz CT molecular complexity index is 1240. The number of hydrogen-bond acceptors (Lipinski definition) is 5. The molecule has 0 atom stereocenters. The van der Waals surface area contributed by atoms with E-state index in [9.17, 15) is 13.6 Å². The van der Waals surface area contributed by atoms with Crippen molar-refractivity contribution in [3.8, 4) is 17.6 Å². The summed E-state index contributed by atoms with van der Waals surface area (Å²) in [6.45, 7) is 2.23. The van der Waals surface area contributed by atoms with Gasteiger partial charge in [-0.2, -0.15) is 10.4 Å². The molecule has 33 heavy (non-hydrogen) atoms. The topological polar surface area (TPSA) is 83.7 Å². The van der Waals surface area contributed by atoms with E-state index in [1.807, 2.05) is 6.92 Å². The first-order valence-electron chi connectivity index (χ1n) is 9.78. The summed E-state index contributed by atoms with van der Waals surface area (Å²) < 4.78 is 40.0. The lowest BCUT2D eigenvalue weighted by molar-refractivity contribution is 0.0951. The van der Waals surface area contributed by atoms with Crippen LogP contribution in [0.5, 0.6) is 11.5 Å². The average Bonchev–Trinajstić information content (AvgIpc) is 2.79. The van der Waals surface area contributed by atoms with Crippen LogP contribution in [0.25, 0.3) is 0 Å². The van der Waals surface area contributed by atoms with Crippen LogP contribution in [0, 0.1) is 26.5 Å². The zero-order valence-electron chi connectivity index (χ0n) is 17.4. The van der Waals surface area contributed by atoms with E-state index in [0.717, 1.165) is 6.07 Å². The number of nitrogens with one attached hydrogen (secondary N) is 1. The van der Waals surface area contributed by atoms with Gasteiger partial charge in [0.1, 0.15) is 18.2 Å². The normalized spacial score (nSPS) is 10.6. The van der Waals surface area contributed by atoms with E-state index in [1.54, 1.807) is 36.4 Å². The molecule has 0 unspecified atom stereocenters. The average molecular weight is 561 g/mol. The molecule has 3 aromatic rings. The summed E-state index contributed by atoms with van der Waals surface area (Å²) in [7, 11) is 0. The minimum atomic E-state index is -0.814. The lowest BCUT2D eigenvalue weighted by atomic mass is 10.1. The van der Waals surface area contributed by atoms with E-state index in [-0.39, 0.29) is 23.6 Å². The summed E-state index contributed by atoms with van der Waals surface area (Å²) in [4.78, 5) is 12.2. The van der Waals surface area contributed by atoms with Crippen LogP contribution in [0.1, 0.15) is 34.0 Å². The van der Waals surface area contributed by atoms with Gasteiger partial charge in [0.25, 0.3) is 5.91 Å². The fraction of sp³-hybridized carbons (Fsp3) is 0.125. The molecule has 3 rings (SSSR count). The number of halogens is 3. The Morgan fingerprint density at radius 3 is 2.64 bits per heavy atom. The summed E-state index contributed by atoms with van der Waals surface area (Å²) in [6, 6.07) is 15.1. The predicted octanol–water partition coefficient (Wildman–Crippen LogP) is 5.18. The van der Waals surface area contributed by atoms with Gasteiger partial charge in [-0.3, -0.25) is 4.79 Å².